The average Bonchev–Trinajstić information content (AvgIpc) is 2.37. The van der Waals surface area contributed by atoms with Gasteiger partial charge >= 0.3 is 12.4 Å². The number of esters is 1. The minimum Gasteiger partial charge on any atom is -0.466 e. The molecule has 0 fully saturated rings. The molecule has 1 aromatic rings. The molecular formula is C12H13N2O4. The van der Waals surface area contributed by atoms with Crippen molar-refractivity contribution in [2.45, 2.75) is 13.3 Å². The number of hydrogen-bond donors (Lipinski definition) is 1. The van der Waals surface area contributed by atoms with Crippen LogP contribution in [0.15, 0.2) is 30.3 Å². The highest BCUT2D eigenvalue weighted by atomic mass is 16.5. The number of anilines is 1. The highest BCUT2D eigenvalue weighted by Crippen LogP contribution is 2.08. The van der Waals surface area contributed by atoms with Gasteiger partial charge in [-0.25, -0.2) is 5.01 Å². The topological polar surface area (TPSA) is 75.7 Å². The fourth-order valence-corrected chi connectivity index (χ4v) is 1.22. The Morgan fingerprint density at radius 3 is 2.56 bits per heavy atom. The van der Waals surface area contributed by atoms with Crippen molar-refractivity contribution < 1.29 is 19.1 Å². The van der Waals surface area contributed by atoms with Crippen molar-refractivity contribution in [1.82, 2.24) is 5.43 Å². The Bertz CT molecular complexity index is 419. The Kier molecular flexibility index (Phi) is 5.37. The van der Waals surface area contributed by atoms with E-state index in [4.69, 9.17) is 0 Å². The Balaban J connectivity index is 2.56. The first-order valence-electron chi connectivity index (χ1n) is 5.35. The molecule has 6 heteroatoms. The zero-order valence-corrected chi connectivity index (χ0v) is 9.88. The normalized spacial score (nSPS) is 9.39. The summed E-state index contributed by atoms with van der Waals surface area (Å²) in [5.41, 5.74) is 2.69. The second kappa shape index (κ2) is 7.05. The fraction of sp³-hybridized carbons (Fsp3) is 0.250. The van der Waals surface area contributed by atoms with Gasteiger partial charge < -0.3 is 4.74 Å². The van der Waals surface area contributed by atoms with Gasteiger partial charge in [0.1, 0.15) is 6.42 Å². The van der Waals surface area contributed by atoms with E-state index in [0.29, 0.717) is 5.69 Å². The summed E-state index contributed by atoms with van der Waals surface area (Å²) in [7, 11) is 0. The van der Waals surface area contributed by atoms with Gasteiger partial charge in [0, 0.05) is 0 Å². The summed E-state index contributed by atoms with van der Waals surface area (Å²) < 4.78 is 4.62. The summed E-state index contributed by atoms with van der Waals surface area (Å²) in [5, 5.41) is 0.877. The van der Waals surface area contributed by atoms with Crippen molar-refractivity contribution >= 4 is 24.0 Å². The monoisotopic (exact) mass is 249 g/mol. The smallest absolute Gasteiger partial charge is 0.337 e. The first kappa shape index (κ1) is 13.7. The first-order valence-corrected chi connectivity index (χ1v) is 5.35. The predicted molar refractivity (Wildman–Crippen MR) is 64.0 cm³/mol. The van der Waals surface area contributed by atoms with Crippen LogP contribution in [0.1, 0.15) is 13.3 Å². The maximum Gasteiger partial charge on any atom is 0.337 e. The zero-order valence-electron chi connectivity index (χ0n) is 9.88. The number of rotatable bonds is 6. The minimum atomic E-state index is -0.645. The lowest BCUT2D eigenvalue weighted by atomic mass is 10.3. The van der Waals surface area contributed by atoms with Crippen molar-refractivity contribution in [3.8, 4) is 0 Å². The predicted octanol–water partition coefficient (Wildman–Crippen LogP) is 0.545. The number of amides is 2. The third kappa shape index (κ3) is 4.25. The summed E-state index contributed by atoms with van der Waals surface area (Å²) in [4.78, 5) is 33.2. The number of hydrogen-bond acceptors (Lipinski definition) is 4. The summed E-state index contributed by atoms with van der Waals surface area (Å²) in [6.07, 6.45) is 1.11. The molecule has 0 unspecified atom stereocenters. The van der Waals surface area contributed by atoms with Crippen LogP contribution in [0.2, 0.25) is 0 Å². The molecule has 2 amide bonds. The zero-order chi connectivity index (χ0) is 13.4. The molecule has 1 rings (SSSR count). The molecule has 0 heterocycles. The number of para-hydroxylation sites is 1. The number of carbonyl (C=O) groups excluding carboxylic acids is 3. The lowest BCUT2D eigenvalue weighted by Gasteiger charge is -2.16. The van der Waals surface area contributed by atoms with Crippen LogP contribution >= 0.6 is 0 Å². The van der Waals surface area contributed by atoms with Crippen molar-refractivity contribution in [3.63, 3.8) is 0 Å². The van der Waals surface area contributed by atoms with Gasteiger partial charge in [0.2, 0.25) is 5.91 Å². The van der Waals surface area contributed by atoms with Crippen molar-refractivity contribution in [2.75, 3.05) is 11.6 Å². The van der Waals surface area contributed by atoms with Gasteiger partial charge in [-0.1, -0.05) is 18.2 Å². The molecule has 0 aliphatic heterocycles. The van der Waals surface area contributed by atoms with Gasteiger partial charge in [-0.05, 0) is 19.1 Å². The van der Waals surface area contributed by atoms with Gasteiger partial charge in [-0.2, -0.15) is 0 Å². The summed E-state index contributed by atoms with van der Waals surface area (Å²) in [6, 6.07) is 8.42. The number of benzene rings is 1. The molecule has 0 aliphatic rings. The van der Waals surface area contributed by atoms with Crippen molar-refractivity contribution in [3.05, 3.63) is 30.3 Å². The Morgan fingerprint density at radius 1 is 1.33 bits per heavy atom. The van der Waals surface area contributed by atoms with Crippen LogP contribution < -0.4 is 10.4 Å². The Hall–Kier alpha value is -2.37. The number of ether oxygens (including phenoxy) is 1. The number of carbonyl (C=O) groups is 2. The number of nitrogens with one attached hydrogen (secondary N) is 1. The largest absolute Gasteiger partial charge is 0.466 e. The van der Waals surface area contributed by atoms with Crippen LogP contribution in [0.4, 0.5) is 5.69 Å². The summed E-state index contributed by atoms with van der Waals surface area (Å²) in [5.74, 6) is -1.28. The lowest BCUT2D eigenvalue weighted by molar-refractivity contribution is -0.145. The van der Waals surface area contributed by atoms with Gasteiger partial charge in [-0.3, -0.25) is 19.8 Å². The van der Waals surface area contributed by atoms with Crippen LogP contribution in [-0.4, -0.2) is 24.9 Å². The molecule has 95 valence electrons. The maximum atomic E-state index is 11.4. The van der Waals surface area contributed by atoms with Crippen LogP contribution in [0, 0.1) is 0 Å². The Morgan fingerprint density at radius 2 is 2.00 bits per heavy atom. The third-order valence-electron chi connectivity index (χ3n) is 1.95. The SMILES string of the molecule is CCOC(=O)CC(=O)NN([C]=O)c1ccccc1. The number of hydrazine groups is 1. The molecule has 18 heavy (non-hydrogen) atoms. The number of nitrogens with zero attached hydrogens (tertiary/aromatic N) is 1. The van der Waals surface area contributed by atoms with E-state index in [0.717, 1.165) is 5.01 Å². The molecule has 6 nitrogen and oxygen atoms in total. The molecular weight excluding hydrogens is 236 g/mol. The minimum absolute atomic E-state index is 0.203. The van der Waals surface area contributed by atoms with E-state index in [1.807, 2.05) is 0 Å². The molecule has 0 spiro atoms. The Labute approximate surface area is 104 Å². The highest BCUT2D eigenvalue weighted by Gasteiger charge is 2.14. The third-order valence-corrected chi connectivity index (χ3v) is 1.95. The van der Waals surface area contributed by atoms with Crippen LogP contribution in [0.3, 0.4) is 0 Å². The summed E-state index contributed by atoms with van der Waals surface area (Å²) >= 11 is 0. The standard InChI is InChI=1S/C12H13N2O4/c1-2-18-12(17)8-11(16)13-14(9-15)10-6-4-3-5-7-10/h3-7H,2,8H2,1H3,(H,13,16). The molecule has 0 saturated heterocycles. The fourth-order valence-electron chi connectivity index (χ4n) is 1.22. The van der Waals surface area contributed by atoms with E-state index < -0.39 is 18.3 Å². The molecule has 1 radical (unpaired) electrons. The van der Waals surface area contributed by atoms with E-state index in [9.17, 15) is 14.4 Å². The van der Waals surface area contributed by atoms with E-state index in [2.05, 4.69) is 10.2 Å². The van der Waals surface area contributed by atoms with Crippen LogP contribution in [0.25, 0.3) is 0 Å². The molecule has 0 bridgehead atoms. The van der Waals surface area contributed by atoms with E-state index in [1.165, 1.54) is 0 Å². The summed E-state index contributed by atoms with van der Waals surface area (Å²) in [6.45, 7) is 1.85. The highest BCUT2D eigenvalue weighted by molar-refractivity contribution is 5.96. The second-order valence-electron chi connectivity index (χ2n) is 3.28. The van der Waals surface area contributed by atoms with Crippen LogP contribution in [0.5, 0.6) is 0 Å². The molecule has 0 aromatic heterocycles. The van der Waals surface area contributed by atoms with Crippen molar-refractivity contribution in [1.29, 1.82) is 0 Å². The van der Waals surface area contributed by atoms with Gasteiger partial charge in [0.15, 0.2) is 0 Å². The van der Waals surface area contributed by atoms with E-state index in [1.54, 1.807) is 43.7 Å². The van der Waals surface area contributed by atoms with Gasteiger partial charge in [-0.15, -0.1) is 0 Å². The second-order valence-corrected chi connectivity index (χ2v) is 3.28. The quantitative estimate of drug-likeness (QED) is 0.345. The van der Waals surface area contributed by atoms with Crippen LogP contribution in [-0.2, 0) is 19.1 Å². The van der Waals surface area contributed by atoms with Crippen molar-refractivity contribution in [2.24, 2.45) is 0 Å². The molecule has 1 aromatic carbocycles. The molecule has 0 saturated carbocycles. The molecule has 0 atom stereocenters. The van der Waals surface area contributed by atoms with E-state index in [-0.39, 0.29) is 6.61 Å². The maximum absolute atomic E-state index is 11.4. The van der Waals surface area contributed by atoms with E-state index >= 15 is 0 Å². The molecule has 1 N–H and O–H groups in total. The van der Waals surface area contributed by atoms with Gasteiger partial charge in [0.05, 0.1) is 12.3 Å². The first-order chi connectivity index (χ1) is 8.67. The average molecular weight is 249 g/mol. The lowest BCUT2D eigenvalue weighted by Crippen LogP contribution is -2.42. The molecule has 0 aliphatic carbocycles. The van der Waals surface area contributed by atoms with Gasteiger partial charge in [0.25, 0.3) is 0 Å².